The number of aliphatic hydroxyl groups excluding tert-OH is 1. The first kappa shape index (κ1) is 13.4. The summed E-state index contributed by atoms with van der Waals surface area (Å²) in [6.07, 6.45) is 6.24. The summed E-state index contributed by atoms with van der Waals surface area (Å²) in [4.78, 5) is 1.19. The first-order valence-electron chi connectivity index (χ1n) is 5.75. The second-order valence-electron chi connectivity index (χ2n) is 3.64. The molecule has 0 aromatic heterocycles. The molecule has 2 nitrogen and oxygen atoms in total. The quantitative estimate of drug-likeness (QED) is 0.558. The molecule has 0 atom stereocenters. The van der Waals surface area contributed by atoms with Gasteiger partial charge in [0.05, 0.1) is 6.61 Å². The van der Waals surface area contributed by atoms with Crippen LogP contribution in [0.2, 0.25) is 0 Å². The molecule has 90 valence electrons. The number of aliphatic hydroxyl groups is 1. The maximum atomic E-state index is 8.64. The molecule has 0 aliphatic rings. The fraction of sp³-hybridized carbons (Fsp3) is 0.538. The van der Waals surface area contributed by atoms with Crippen molar-refractivity contribution in [2.45, 2.75) is 30.6 Å². The number of thioether (sulfide) groups is 1. The van der Waals surface area contributed by atoms with Crippen molar-refractivity contribution < 1.29 is 9.84 Å². The Labute approximate surface area is 102 Å². The van der Waals surface area contributed by atoms with E-state index in [1.807, 2.05) is 18.2 Å². The van der Waals surface area contributed by atoms with E-state index in [9.17, 15) is 0 Å². The first-order valence-corrected chi connectivity index (χ1v) is 6.97. The van der Waals surface area contributed by atoms with E-state index in [-0.39, 0.29) is 0 Å². The zero-order valence-electron chi connectivity index (χ0n) is 9.82. The molecule has 1 aromatic carbocycles. The molecule has 0 spiro atoms. The number of rotatable bonds is 8. The van der Waals surface area contributed by atoms with Crippen LogP contribution >= 0.6 is 11.8 Å². The van der Waals surface area contributed by atoms with Crippen molar-refractivity contribution in [1.29, 1.82) is 0 Å². The summed E-state index contributed by atoms with van der Waals surface area (Å²) < 4.78 is 5.72. The standard InChI is InChI=1S/C13H20O2S/c1-16-13-9-5-4-8-12(13)15-11-7-3-2-6-10-14/h4-5,8-9,14H,2-3,6-7,10-11H2,1H3. The molecule has 0 unspecified atom stereocenters. The van der Waals surface area contributed by atoms with E-state index in [4.69, 9.17) is 9.84 Å². The van der Waals surface area contributed by atoms with Gasteiger partial charge in [0.1, 0.15) is 5.75 Å². The summed E-state index contributed by atoms with van der Waals surface area (Å²) in [7, 11) is 0. The Hall–Kier alpha value is -0.670. The van der Waals surface area contributed by atoms with Gasteiger partial charge in [-0.25, -0.2) is 0 Å². The van der Waals surface area contributed by atoms with E-state index in [0.29, 0.717) is 6.61 Å². The van der Waals surface area contributed by atoms with Gasteiger partial charge in [0.2, 0.25) is 0 Å². The molecule has 0 fully saturated rings. The van der Waals surface area contributed by atoms with Crippen LogP contribution in [-0.2, 0) is 0 Å². The van der Waals surface area contributed by atoms with Gasteiger partial charge in [0.25, 0.3) is 0 Å². The molecule has 0 radical (unpaired) electrons. The van der Waals surface area contributed by atoms with Crippen molar-refractivity contribution in [2.75, 3.05) is 19.5 Å². The van der Waals surface area contributed by atoms with Gasteiger partial charge in [-0.3, -0.25) is 0 Å². The minimum absolute atomic E-state index is 0.302. The lowest BCUT2D eigenvalue weighted by molar-refractivity contribution is 0.272. The lowest BCUT2D eigenvalue weighted by atomic mass is 10.2. The monoisotopic (exact) mass is 240 g/mol. The van der Waals surface area contributed by atoms with E-state index in [1.165, 1.54) is 4.90 Å². The van der Waals surface area contributed by atoms with Gasteiger partial charge in [-0.1, -0.05) is 18.6 Å². The summed E-state index contributed by atoms with van der Waals surface area (Å²) in [6.45, 7) is 1.07. The third-order valence-corrected chi connectivity index (χ3v) is 3.16. The largest absolute Gasteiger partial charge is 0.492 e. The predicted molar refractivity (Wildman–Crippen MR) is 69.3 cm³/mol. The van der Waals surface area contributed by atoms with E-state index >= 15 is 0 Å². The Bertz CT molecular complexity index is 289. The van der Waals surface area contributed by atoms with Crippen molar-refractivity contribution in [2.24, 2.45) is 0 Å². The van der Waals surface area contributed by atoms with Crippen LogP contribution < -0.4 is 4.74 Å². The highest BCUT2D eigenvalue weighted by Crippen LogP contribution is 2.26. The van der Waals surface area contributed by atoms with Crippen LogP contribution in [0.4, 0.5) is 0 Å². The molecule has 1 aromatic rings. The van der Waals surface area contributed by atoms with E-state index < -0.39 is 0 Å². The molecule has 1 rings (SSSR count). The summed E-state index contributed by atoms with van der Waals surface area (Å²) in [6, 6.07) is 8.12. The SMILES string of the molecule is CSc1ccccc1OCCCCCCO. The molecular weight excluding hydrogens is 220 g/mol. The fourth-order valence-corrected chi connectivity index (χ4v) is 2.03. The molecule has 0 aliphatic carbocycles. The molecule has 3 heteroatoms. The number of ether oxygens (including phenoxy) is 1. The molecule has 16 heavy (non-hydrogen) atoms. The number of para-hydroxylation sites is 1. The smallest absolute Gasteiger partial charge is 0.132 e. The summed E-state index contributed by atoms with van der Waals surface area (Å²) in [5.74, 6) is 0.983. The normalized spacial score (nSPS) is 10.4. The fourth-order valence-electron chi connectivity index (χ4n) is 1.49. The molecule has 0 heterocycles. The van der Waals surface area contributed by atoms with Gasteiger partial charge in [-0.2, -0.15) is 0 Å². The summed E-state index contributed by atoms with van der Waals surface area (Å²) in [5, 5.41) is 8.64. The van der Waals surface area contributed by atoms with Gasteiger partial charge in [-0.15, -0.1) is 11.8 Å². The zero-order chi connectivity index (χ0) is 11.6. The third kappa shape index (κ3) is 4.90. The second-order valence-corrected chi connectivity index (χ2v) is 4.49. The van der Waals surface area contributed by atoms with Crippen LogP contribution in [0.25, 0.3) is 0 Å². The minimum atomic E-state index is 0.302. The molecule has 0 saturated carbocycles. The predicted octanol–water partition coefficient (Wildman–Crippen LogP) is 3.34. The van der Waals surface area contributed by atoms with Gasteiger partial charge >= 0.3 is 0 Å². The lowest BCUT2D eigenvalue weighted by Crippen LogP contribution is -1.98. The number of unbranched alkanes of at least 4 members (excludes halogenated alkanes) is 3. The van der Waals surface area contributed by atoms with E-state index in [2.05, 4.69) is 12.3 Å². The molecule has 0 amide bonds. The van der Waals surface area contributed by atoms with Crippen LogP contribution in [0.3, 0.4) is 0 Å². The molecule has 0 bridgehead atoms. The van der Waals surface area contributed by atoms with Crippen LogP contribution in [-0.4, -0.2) is 24.6 Å². The van der Waals surface area contributed by atoms with Gasteiger partial charge < -0.3 is 9.84 Å². The van der Waals surface area contributed by atoms with Crippen molar-refractivity contribution in [3.63, 3.8) is 0 Å². The second kappa shape index (κ2) is 8.48. The Morgan fingerprint density at radius 3 is 2.62 bits per heavy atom. The highest BCUT2D eigenvalue weighted by molar-refractivity contribution is 7.98. The van der Waals surface area contributed by atoms with Crippen LogP contribution in [0.15, 0.2) is 29.2 Å². The first-order chi connectivity index (χ1) is 7.88. The minimum Gasteiger partial charge on any atom is -0.492 e. The Balaban J connectivity index is 2.21. The number of benzene rings is 1. The van der Waals surface area contributed by atoms with Gasteiger partial charge in [0.15, 0.2) is 0 Å². The van der Waals surface area contributed by atoms with Crippen LogP contribution in [0.1, 0.15) is 25.7 Å². The molecule has 0 aliphatic heterocycles. The van der Waals surface area contributed by atoms with Crippen molar-refractivity contribution in [3.05, 3.63) is 24.3 Å². The van der Waals surface area contributed by atoms with E-state index in [0.717, 1.165) is 38.0 Å². The van der Waals surface area contributed by atoms with Crippen LogP contribution in [0.5, 0.6) is 5.75 Å². The Kier molecular flexibility index (Phi) is 7.10. The average Bonchev–Trinajstić information content (AvgIpc) is 2.34. The third-order valence-electron chi connectivity index (χ3n) is 2.38. The highest BCUT2D eigenvalue weighted by Gasteiger charge is 2.00. The van der Waals surface area contributed by atoms with Crippen LogP contribution in [0, 0.1) is 0 Å². The number of hydrogen-bond donors (Lipinski definition) is 1. The van der Waals surface area contributed by atoms with Crippen molar-refractivity contribution >= 4 is 11.8 Å². The average molecular weight is 240 g/mol. The highest BCUT2D eigenvalue weighted by atomic mass is 32.2. The summed E-state index contributed by atoms with van der Waals surface area (Å²) >= 11 is 1.71. The van der Waals surface area contributed by atoms with Gasteiger partial charge in [-0.05, 0) is 37.7 Å². The Morgan fingerprint density at radius 1 is 1.12 bits per heavy atom. The number of hydrogen-bond acceptors (Lipinski definition) is 3. The van der Waals surface area contributed by atoms with Crippen molar-refractivity contribution in [3.8, 4) is 5.75 Å². The van der Waals surface area contributed by atoms with Gasteiger partial charge in [0, 0.05) is 11.5 Å². The Morgan fingerprint density at radius 2 is 1.88 bits per heavy atom. The molecule has 0 saturated heterocycles. The summed E-state index contributed by atoms with van der Waals surface area (Å²) in [5.41, 5.74) is 0. The van der Waals surface area contributed by atoms with E-state index in [1.54, 1.807) is 11.8 Å². The lowest BCUT2D eigenvalue weighted by Gasteiger charge is -2.09. The molecular formula is C13H20O2S. The zero-order valence-corrected chi connectivity index (χ0v) is 10.6. The maximum absolute atomic E-state index is 8.64. The molecule has 1 N–H and O–H groups in total. The van der Waals surface area contributed by atoms with Crippen molar-refractivity contribution in [1.82, 2.24) is 0 Å². The topological polar surface area (TPSA) is 29.5 Å². The maximum Gasteiger partial charge on any atom is 0.132 e.